The van der Waals surface area contributed by atoms with Crippen LogP contribution < -0.4 is 26.7 Å². The molecule has 4 aromatic heterocycles. The van der Waals surface area contributed by atoms with Crippen LogP contribution in [-0.4, -0.2) is 70.1 Å². The number of aliphatic carboxylic acids is 2. The Morgan fingerprint density at radius 2 is 1.26 bits per heavy atom. The van der Waals surface area contributed by atoms with Crippen LogP contribution in [0.5, 0.6) is 0 Å². The van der Waals surface area contributed by atoms with Crippen LogP contribution in [0.2, 0.25) is 0 Å². The highest BCUT2D eigenvalue weighted by Crippen LogP contribution is 2.30. The maximum Gasteiger partial charge on any atom is 0.407 e. The Labute approximate surface area is 313 Å². The first-order valence-electron chi connectivity index (χ1n) is 18.3. The van der Waals surface area contributed by atoms with Crippen LogP contribution in [0.4, 0.5) is 4.79 Å². The predicted molar refractivity (Wildman–Crippen MR) is 206 cm³/mol. The van der Waals surface area contributed by atoms with Crippen molar-refractivity contribution in [2.24, 2.45) is 0 Å². The summed E-state index contributed by atoms with van der Waals surface area (Å²) in [5.74, 6) is -1.86. The first-order valence-corrected chi connectivity index (χ1v) is 18.3. The molecule has 8 bridgehead atoms. The normalized spacial score (nSPS) is 13.6. The summed E-state index contributed by atoms with van der Waals surface area (Å²) in [4.78, 5) is 46.7. The molecule has 2 atom stereocenters. The Morgan fingerprint density at radius 1 is 0.704 bits per heavy atom. The molecule has 5 heterocycles. The van der Waals surface area contributed by atoms with Crippen LogP contribution in [0.15, 0.2) is 0 Å². The fourth-order valence-electron chi connectivity index (χ4n) is 7.51. The van der Waals surface area contributed by atoms with Crippen molar-refractivity contribution < 1.29 is 39.5 Å². The monoisotopic (exact) mass is 743 g/mol. The van der Waals surface area contributed by atoms with Gasteiger partial charge in [-0.2, -0.15) is 0 Å². The number of rotatable bonds is 11. The number of amides is 1. The number of aliphatic hydroxyl groups is 2. The van der Waals surface area contributed by atoms with Gasteiger partial charge in [-0.25, -0.2) is 4.79 Å². The van der Waals surface area contributed by atoms with E-state index in [2.05, 4.69) is 20.3 Å². The highest BCUT2D eigenvalue weighted by Gasteiger charge is 2.24. The summed E-state index contributed by atoms with van der Waals surface area (Å²) < 4.78 is 7.53. The molecule has 54 heavy (non-hydrogen) atoms. The summed E-state index contributed by atoms with van der Waals surface area (Å²) in [5, 5.41) is 47.2. The van der Waals surface area contributed by atoms with Crippen LogP contribution in [0.3, 0.4) is 0 Å². The number of aliphatic hydroxyl groups excluding tert-OH is 2. The molecule has 8 N–H and O–H groups in total. The summed E-state index contributed by atoms with van der Waals surface area (Å²) in [7, 11) is 0. The molecule has 2 unspecified atom stereocenters. The number of carbonyl (C=O) groups excluding carboxylic acids is 1. The molecule has 13 nitrogen and oxygen atoms in total. The van der Waals surface area contributed by atoms with Crippen molar-refractivity contribution in [3.8, 4) is 0 Å². The molecule has 1 aliphatic rings. The third-order valence-corrected chi connectivity index (χ3v) is 10.1. The molecule has 0 fully saturated rings. The quantitative estimate of drug-likeness (QED) is 0.101. The SMILES string of the molecule is Cc1c2[nH]c(c1CCC(=O)O)C=c1[nH]c(c(C)c1CCC(=O)O)=Cc1c(C)c(C(C)O)c(n1CCNC(=O)OC(C)(C)C)C=c1[nH]c(c(C(C)O)c1C)=C2. The van der Waals surface area contributed by atoms with Crippen LogP contribution in [0.25, 0.3) is 24.3 Å². The van der Waals surface area contributed by atoms with E-state index in [0.29, 0.717) is 45.1 Å². The number of fused-ring (bicyclic) bond motifs is 8. The van der Waals surface area contributed by atoms with Crippen molar-refractivity contribution in [2.75, 3.05) is 6.54 Å². The lowest BCUT2D eigenvalue weighted by Crippen LogP contribution is -2.34. The lowest BCUT2D eigenvalue weighted by molar-refractivity contribution is -0.138. The third-order valence-electron chi connectivity index (χ3n) is 10.1. The third kappa shape index (κ3) is 8.42. The fourth-order valence-corrected chi connectivity index (χ4v) is 7.51. The van der Waals surface area contributed by atoms with Gasteiger partial charge in [-0.15, -0.1) is 0 Å². The number of hydrogen-bond acceptors (Lipinski definition) is 6. The zero-order valence-corrected chi connectivity index (χ0v) is 32.6. The highest BCUT2D eigenvalue weighted by molar-refractivity contribution is 5.70. The van der Waals surface area contributed by atoms with E-state index in [-0.39, 0.29) is 32.2 Å². The van der Waals surface area contributed by atoms with E-state index in [4.69, 9.17) is 4.74 Å². The number of hydrogen-bond donors (Lipinski definition) is 8. The summed E-state index contributed by atoms with van der Waals surface area (Å²) in [5.41, 5.74) is 8.54. The van der Waals surface area contributed by atoms with Gasteiger partial charge in [0.1, 0.15) is 5.60 Å². The summed E-state index contributed by atoms with van der Waals surface area (Å²) >= 11 is 0. The van der Waals surface area contributed by atoms with Gasteiger partial charge in [-0.05, 0) is 133 Å². The molecule has 5 rings (SSSR count). The van der Waals surface area contributed by atoms with Gasteiger partial charge in [0.15, 0.2) is 0 Å². The van der Waals surface area contributed by atoms with Gasteiger partial charge in [0.05, 0.1) is 12.2 Å². The minimum atomic E-state index is -0.932. The number of nitrogens with one attached hydrogen (secondary N) is 4. The Balaban J connectivity index is 1.91. The number of nitrogens with zero attached hydrogens (tertiary/aromatic N) is 1. The number of carboxylic acids is 2. The molecule has 13 heteroatoms. The minimum absolute atomic E-state index is 0.0833. The van der Waals surface area contributed by atoms with E-state index in [1.54, 1.807) is 34.6 Å². The average Bonchev–Trinajstić information content (AvgIpc) is 3.70. The first kappa shape index (κ1) is 39.9. The molecule has 1 aliphatic heterocycles. The fraction of sp³-hybridized carbons (Fsp3) is 0.439. The number of carboxylic acid groups (broad SMARTS) is 2. The highest BCUT2D eigenvalue weighted by atomic mass is 16.6. The summed E-state index contributed by atoms with van der Waals surface area (Å²) in [6.45, 7) is 17.1. The van der Waals surface area contributed by atoms with Crippen molar-refractivity contribution in [3.05, 3.63) is 88.7 Å². The summed E-state index contributed by atoms with van der Waals surface area (Å²) in [6.07, 6.45) is 5.83. The molecule has 290 valence electrons. The van der Waals surface area contributed by atoms with E-state index in [9.17, 15) is 34.8 Å². The Bertz CT molecular complexity index is 2360. The van der Waals surface area contributed by atoms with Crippen molar-refractivity contribution in [1.82, 2.24) is 24.8 Å². The molecule has 0 saturated heterocycles. The van der Waals surface area contributed by atoms with Crippen LogP contribution >= 0.6 is 0 Å². The second-order valence-corrected chi connectivity index (χ2v) is 15.2. The van der Waals surface area contributed by atoms with Gasteiger partial charge in [-0.3, -0.25) is 9.59 Å². The molecule has 0 aliphatic carbocycles. The number of ether oxygens (including phenoxy) is 1. The smallest absolute Gasteiger partial charge is 0.407 e. The van der Waals surface area contributed by atoms with E-state index in [0.717, 1.165) is 50.1 Å². The first-order chi connectivity index (χ1) is 25.3. The Kier molecular flexibility index (Phi) is 11.5. The number of carbonyl (C=O) groups is 3. The maximum absolute atomic E-state index is 12.7. The number of aromatic amines is 3. The Morgan fingerprint density at radius 3 is 1.85 bits per heavy atom. The van der Waals surface area contributed by atoms with Gasteiger partial charge in [0, 0.05) is 81.2 Å². The van der Waals surface area contributed by atoms with Crippen molar-refractivity contribution in [2.45, 2.75) is 112 Å². The lowest BCUT2D eigenvalue weighted by Gasteiger charge is -2.20. The molecular formula is C41H53N5O8. The van der Waals surface area contributed by atoms with Gasteiger partial charge >= 0.3 is 18.0 Å². The lowest BCUT2D eigenvalue weighted by atomic mass is 10.0. The average molecular weight is 744 g/mol. The molecule has 0 spiro atoms. The predicted octanol–water partition coefficient (Wildman–Crippen LogP) is 3.00. The number of alkyl carbamates (subject to hydrolysis) is 1. The largest absolute Gasteiger partial charge is 0.481 e. The number of aromatic nitrogens is 4. The minimum Gasteiger partial charge on any atom is -0.481 e. The van der Waals surface area contributed by atoms with E-state index < -0.39 is 35.8 Å². The standard InChI is InChI=1S/C41H53N5O8/c1-20-26(10-12-36(49)50)31-17-32-27(11-13-37(51)52)21(2)29(44-32)18-34-23(4)39(25(6)48)35(46(34)15-14-42-40(53)54-41(7,8)9)19-30-22(3)38(24(5)47)33(45-30)16-28(20)43-31/h16-19,24-25,43-45,47-48H,10-15H2,1-9H3,(H,42,53)(H,49,50)(H,51,52). The van der Waals surface area contributed by atoms with Crippen LogP contribution in [0, 0.1) is 27.7 Å². The van der Waals surface area contributed by atoms with Gasteiger partial charge in [-0.1, -0.05) is 0 Å². The number of H-pyrrole nitrogens is 3. The van der Waals surface area contributed by atoms with Gasteiger partial charge < -0.3 is 50.0 Å². The molecule has 1 amide bonds. The van der Waals surface area contributed by atoms with Crippen molar-refractivity contribution in [3.63, 3.8) is 0 Å². The maximum atomic E-state index is 12.7. The zero-order chi connectivity index (χ0) is 39.8. The van der Waals surface area contributed by atoms with E-state index >= 15 is 0 Å². The molecule has 0 radical (unpaired) electrons. The van der Waals surface area contributed by atoms with E-state index in [1.807, 2.05) is 56.6 Å². The topological polar surface area (TPSA) is 206 Å². The van der Waals surface area contributed by atoms with Gasteiger partial charge in [0.2, 0.25) is 0 Å². The molecule has 4 aromatic rings. The van der Waals surface area contributed by atoms with Gasteiger partial charge in [0.25, 0.3) is 0 Å². The molecule has 0 aromatic carbocycles. The molecular weight excluding hydrogens is 690 g/mol. The van der Waals surface area contributed by atoms with Crippen molar-refractivity contribution >= 4 is 42.3 Å². The summed E-state index contributed by atoms with van der Waals surface area (Å²) in [6, 6.07) is 0. The van der Waals surface area contributed by atoms with Crippen molar-refractivity contribution in [1.29, 1.82) is 0 Å². The Hall–Kier alpha value is -5.27. The van der Waals surface area contributed by atoms with E-state index in [1.165, 1.54) is 0 Å². The second-order valence-electron chi connectivity index (χ2n) is 15.2. The zero-order valence-electron chi connectivity index (χ0n) is 32.6. The molecule has 0 saturated carbocycles. The second kappa shape index (κ2) is 15.6. The van der Waals surface area contributed by atoms with Crippen LogP contribution in [-0.2, 0) is 33.7 Å². The van der Waals surface area contributed by atoms with Crippen LogP contribution in [0.1, 0.15) is 127 Å².